The van der Waals surface area contributed by atoms with Crippen molar-refractivity contribution >= 4 is 44.9 Å². The molecule has 0 radical (unpaired) electrons. The molecule has 6 nitrogen and oxygen atoms in total. The van der Waals surface area contributed by atoms with Gasteiger partial charge >= 0.3 is 6.09 Å². The summed E-state index contributed by atoms with van der Waals surface area (Å²) in [6.45, 7) is 5.44. The van der Waals surface area contributed by atoms with Crippen molar-refractivity contribution < 1.29 is 14.3 Å². The molecule has 0 spiro atoms. The third-order valence-corrected chi connectivity index (χ3v) is 6.36. The summed E-state index contributed by atoms with van der Waals surface area (Å²) in [6, 6.07) is 15.1. The van der Waals surface area contributed by atoms with Gasteiger partial charge in [-0.2, -0.15) is 0 Å². The van der Waals surface area contributed by atoms with E-state index in [4.69, 9.17) is 9.72 Å². The van der Waals surface area contributed by atoms with Gasteiger partial charge in [-0.25, -0.2) is 9.78 Å². The second kappa shape index (κ2) is 9.12. The zero-order valence-corrected chi connectivity index (χ0v) is 19.2. The van der Waals surface area contributed by atoms with Crippen LogP contribution in [0, 0.1) is 5.92 Å². The molecule has 32 heavy (non-hydrogen) atoms. The first-order valence-electron chi connectivity index (χ1n) is 10.7. The van der Waals surface area contributed by atoms with Gasteiger partial charge in [-0.3, -0.25) is 10.1 Å². The number of thiazole rings is 1. The normalized spacial score (nSPS) is 18.3. The van der Waals surface area contributed by atoms with Crippen LogP contribution in [0.3, 0.4) is 0 Å². The average Bonchev–Trinajstić information content (AvgIpc) is 3.18. The number of amides is 2. The molecule has 1 aromatic heterocycles. The van der Waals surface area contributed by atoms with Crippen LogP contribution in [0.15, 0.2) is 60.7 Å². The third kappa shape index (κ3) is 5.34. The minimum absolute atomic E-state index is 0.0218. The Labute approximate surface area is 191 Å². The van der Waals surface area contributed by atoms with Gasteiger partial charge < -0.3 is 10.1 Å². The van der Waals surface area contributed by atoms with Crippen LogP contribution >= 0.6 is 11.3 Å². The molecule has 0 bridgehead atoms. The lowest BCUT2D eigenvalue weighted by Gasteiger charge is -2.26. The number of para-hydroxylation sites is 1. The Morgan fingerprint density at radius 1 is 0.969 bits per heavy atom. The van der Waals surface area contributed by atoms with E-state index in [1.807, 2.05) is 39.0 Å². The van der Waals surface area contributed by atoms with Crippen molar-refractivity contribution in [2.75, 3.05) is 10.6 Å². The average molecular weight is 450 g/mol. The Kier molecular flexibility index (Phi) is 6.28. The molecule has 7 heteroatoms. The van der Waals surface area contributed by atoms with E-state index >= 15 is 0 Å². The van der Waals surface area contributed by atoms with E-state index in [9.17, 15) is 9.59 Å². The molecule has 0 saturated heterocycles. The smallest absolute Gasteiger partial charge is 0.412 e. The summed E-state index contributed by atoms with van der Waals surface area (Å²) in [5.41, 5.74) is 1.70. The van der Waals surface area contributed by atoms with E-state index in [-0.39, 0.29) is 17.7 Å². The zero-order valence-electron chi connectivity index (χ0n) is 18.4. The van der Waals surface area contributed by atoms with Crippen LogP contribution in [0.5, 0.6) is 0 Å². The van der Waals surface area contributed by atoms with E-state index < -0.39 is 11.7 Å². The number of nitrogens with one attached hydrogen (secondary N) is 2. The number of ether oxygens (including phenoxy) is 1. The highest BCUT2D eigenvalue weighted by Crippen LogP contribution is 2.39. The van der Waals surface area contributed by atoms with E-state index in [1.54, 1.807) is 35.6 Å². The fraction of sp³-hybridized carbons (Fsp3) is 0.320. The lowest BCUT2D eigenvalue weighted by Crippen LogP contribution is -2.29. The summed E-state index contributed by atoms with van der Waals surface area (Å²) in [7, 11) is 0. The van der Waals surface area contributed by atoms with Gasteiger partial charge in [0.05, 0.1) is 21.1 Å². The second-order valence-corrected chi connectivity index (χ2v) is 9.93. The van der Waals surface area contributed by atoms with Crippen LogP contribution in [0.4, 0.5) is 16.2 Å². The topological polar surface area (TPSA) is 80.3 Å². The minimum Gasteiger partial charge on any atom is -0.444 e. The number of benzene rings is 2. The molecular formula is C25H27N3O3S. The fourth-order valence-electron chi connectivity index (χ4n) is 3.72. The molecule has 0 fully saturated rings. The first-order chi connectivity index (χ1) is 15.3. The highest BCUT2D eigenvalue weighted by Gasteiger charge is 2.32. The Hall–Kier alpha value is -3.19. The quantitative estimate of drug-likeness (QED) is 0.456. The van der Waals surface area contributed by atoms with Crippen LogP contribution in [-0.2, 0) is 9.53 Å². The van der Waals surface area contributed by atoms with Crippen LogP contribution in [0.25, 0.3) is 10.2 Å². The highest BCUT2D eigenvalue weighted by atomic mass is 32.1. The monoisotopic (exact) mass is 449 g/mol. The van der Waals surface area contributed by atoms with Gasteiger partial charge in [0.25, 0.3) is 0 Å². The van der Waals surface area contributed by atoms with E-state index in [1.165, 1.54) is 0 Å². The van der Waals surface area contributed by atoms with Crippen LogP contribution in [-0.4, -0.2) is 22.6 Å². The van der Waals surface area contributed by atoms with Gasteiger partial charge in [0.2, 0.25) is 5.91 Å². The van der Waals surface area contributed by atoms with Crippen molar-refractivity contribution in [3.05, 3.63) is 65.7 Å². The molecule has 3 aromatic rings. The summed E-state index contributed by atoms with van der Waals surface area (Å²) < 4.78 is 6.40. The van der Waals surface area contributed by atoms with Crippen molar-refractivity contribution in [1.29, 1.82) is 0 Å². The molecule has 1 aliphatic carbocycles. The number of anilines is 2. The molecule has 2 unspecified atom stereocenters. The third-order valence-electron chi connectivity index (χ3n) is 5.19. The molecule has 1 heterocycles. The second-order valence-electron chi connectivity index (χ2n) is 8.87. The van der Waals surface area contributed by atoms with E-state index in [0.29, 0.717) is 17.8 Å². The first kappa shape index (κ1) is 22.0. The summed E-state index contributed by atoms with van der Waals surface area (Å²) in [5.74, 6) is -0.142. The Morgan fingerprint density at radius 3 is 2.31 bits per heavy atom. The number of hydrogen-bond acceptors (Lipinski definition) is 5. The molecule has 166 valence electrons. The fourth-order valence-corrected chi connectivity index (χ4v) is 4.86. The number of aromatic nitrogens is 1. The van der Waals surface area contributed by atoms with Gasteiger partial charge in [-0.1, -0.05) is 24.3 Å². The SMILES string of the molecule is CC(C)(C)OC(=O)Nc1ccc(NC(=O)C2CC=CCC2c2nc3ccccc3s2)cc1. The number of carbonyl (C=O) groups is 2. The molecule has 0 saturated carbocycles. The molecule has 4 rings (SSSR count). The van der Waals surface area contributed by atoms with Crippen LogP contribution in [0.2, 0.25) is 0 Å². The van der Waals surface area contributed by atoms with Crippen molar-refractivity contribution in [2.45, 2.75) is 45.1 Å². The maximum absolute atomic E-state index is 13.1. The largest absolute Gasteiger partial charge is 0.444 e. The summed E-state index contributed by atoms with van der Waals surface area (Å²) in [6.07, 6.45) is 5.18. The van der Waals surface area contributed by atoms with Gasteiger partial charge in [-0.05, 0) is 70.0 Å². The van der Waals surface area contributed by atoms with Crippen LogP contribution < -0.4 is 10.6 Å². The van der Waals surface area contributed by atoms with Gasteiger partial charge in [0, 0.05) is 17.3 Å². The van der Waals surface area contributed by atoms with E-state index in [2.05, 4.69) is 28.9 Å². The van der Waals surface area contributed by atoms with Crippen molar-refractivity contribution in [3.63, 3.8) is 0 Å². The Balaban J connectivity index is 1.43. The summed E-state index contributed by atoms with van der Waals surface area (Å²) >= 11 is 1.67. The molecular weight excluding hydrogens is 422 g/mol. The van der Waals surface area contributed by atoms with Crippen molar-refractivity contribution in [3.8, 4) is 0 Å². The lowest BCUT2D eigenvalue weighted by atomic mass is 9.82. The molecule has 0 aliphatic heterocycles. The Morgan fingerprint density at radius 2 is 1.62 bits per heavy atom. The van der Waals surface area contributed by atoms with Crippen LogP contribution in [0.1, 0.15) is 44.5 Å². The van der Waals surface area contributed by atoms with Gasteiger partial charge in [-0.15, -0.1) is 11.3 Å². The molecule has 2 N–H and O–H groups in total. The number of nitrogens with zero attached hydrogens (tertiary/aromatic N) is 1. The Bertz CT molecular complexity index is 1110. The zero-order chi connectivity index (χ0) is 22.7. The van der Waals surface area contributed by atoms with Gasteiger partial charge in [0.1, 0.15) is 5.60 Å². The summed E-state index contributed by atoms with van der Waals surface area (Å²) in [5, 5.41) is 6.72. The predicted octanol–water partition coefficient (Wildman–Crippen LogP) is 6.33. The number of rotatable bonds is 4. The van der Waals surface area contributed by atoms with Crippen molar-refractivity contribution in [1.82, 2.24) is 4.98 Å². The number of allylic oxidation sites excluding steroid dienone is 2. The van der Waals surface area contributed by atoms with E-state index in [0.717, 1.165) is 21.6 Å². The molecule has 1 aliphatic rings. The maximum atomic E-state index is 13.1. The number of fused-ring (bicyclic) bond motifs is 1. The first-order valence-corrected chi connectivity index (χ1v) is 11.5. The number of carbonyl (C=O) groups excluding carboxylic acids is 2. The number of hydrogen-bond donors (Lipinski definition) is 2. The molecule has 2 aromatic carbocycles. The summed E-state index contributed by atoms with van der Waals surface area (Å²) in [4.78, 5) is 29.8. The predicted molar refractivity (Wildman–Crippen MR) is 129 cm³/mol. The van der Waals surface area contributed by atoms with Crippen molar-refractivity contribution in [2.24, 2.45) is 5.92 Å². The molecule has 2 amide bonds. The molecule has 2 atom stereocenters. The highest BCUT2D eigenvalue weighted by molar-refractivity contribution is 7.18. The maximum Gasteiger partial charge on any atom is 0.412 e. The standard InChI is InChI=1S/C25H27N3O3S/c1-25(2,3)31-24(30)27-17-14-12-16(13-15-17)26-22(29)18-8-4-5-9-19(18)23-28-20-10-6-7-11-21(20)32-23/h4-7,10-15,18-19H,8-9H2,1-3H3,(H,26,29)(H,27,30). The van der Waals surface area contributed by atoms with Gasteiger partial charge in [0.15, 0.2) is 0 Å². The lowest BCUT2D eigenvalue weighted by molar-refractivity contribution is -0.120. The minimum atomic E-state index is -0.563.